The summed E-state index contributed by atoms with van der Waals surface area (Å²) < 4.78 is 48.0. The zero-order chi connectivity index (χ0) is 16.1. The highest BCUT2D eigenvalue weighted by Gasteiger charge is 2.26. The summed E-state index contributed by atoms with van der Waals surface area (Å²) in [6.07, 6.45) is 4.14. The van der Waals surface area contributed by atoms with Gasteiger partial charge in [0.15, 0.2) is 14.9 Å². The predicted octanol–water partition coefficient (Wildman–Crippen LogP) is -0.108. The first-order chi connectivity index (χ1) is 9.60. The van der Waals surface area contributed by atoms with E-state index in [4.69, 9.17) is 18.0 Å². The van der Waals surface area contributed by atoms with E-state index in [2.05, 4.69) is 4.98 Å². The molecule has 0 atom stereocenters. The molecule has 10 heteroatoms. The second kappa shape index (κ2) is 7.25. The molecular formula is C11H17N3O4S3. The fourth-order valence-electron chi connectivity index (χ4n) is 1.59. The molecule has 0 saturated carbocycles. The van der Waals surface area contributed by atoms with Crippen molar-refractivity contribution in [1.82, 2.24) is 9.29 Å². The Hall–Kier alpha value is -1.10. The van der Waals surface area contributed by atoms with Crippen molar-refractivity contribution >= 4 is 37.1 Å². The molecule has 21 heavy (non-hydrogen) atoms. The van der Waals surface area contributed by atoms with Gasteiger partial charge in [0.2, 0.25) is 10.0 Å². The molecule has 1 rings (SSSR count). The lowest BCUT2D eigenvalue weighted by molar-refractivity contribution is 0.418. The number of sulfonamides is 1. The first kappa shape index (κ1) is 18.0. The molecule has 0 fully saturated rings. The fraction of sp³-hybridized carbons (Fsp3) is 0.455. The molecule has 2 N–H and O–H groups in total. The highest BCUT2D eigenvalue weighted by atomic mass is 32.3. The Balaban J connectivity index is 2.98. The van der Waals surface area contributed by atoms with Crippen LogP contribution in [0.3, 0.4) is 0 Å². The molecule has 0 spiro atoms. The third kappa shape index (κ3) is 6.93. The summed E-state index contributed by atoms with van der Waals surface area (Å²) in [5.74, 6) is 0. The number of sulfone groups is 1. The average Bonchev–Trinajstić information content (AvgIpc) is 2.32. The highest BCUT2D eigenvalue weighted by Crippen LogP contribution is 2.11. The van der Waals surface area contributed by atoms with E-state index in [1.54, 1.807) is 18.3 Å². The van der Waals surface area contributed by atoms with Crippen molar-refractivity contribution in [3.63, 3.8) is 0 Å². The maximum absolute atomic E-state index is 12.2. The molecule has 0 amide bonds. The minimum Gasteiger partial charge on any atom is -0.393 e. The minimum atomic E-state index is -3.97. The number of rotatable bonds is 8. The maximum atomic E-state index is 12.2. The third-order valence-electron chi connectivity index (χ3n) is 2.45. The van der Waals surface area contributed by atoms with E-state index in [0.717, 1.165) is 10.6 Å². The summed E-state index contributed by atoms with van der Waals surface area (Å²) in [6.45, 7) is 0.0520. The molecule has 1 heterocycles. The van der Waals surface area contributed by atoms with Crippen LogP contribution in [0, 0.1) is 0 Å². The summed E-state index contributed by atoms with van der Waals surface area (Å²) in [7, 11) is -7.64. The standard InChI is InChI=1S/C11H17N3O4S3/c1-20(15,16)9-21(17,18)14(6-4-11(12)19)8-10-3-2-5-13-7-10/h2-3,5,7H,4,6,8-9H2,1H3,(H2,12,19). The van der Waals surface area contributed by atoms with Crippen molar-refractivity contribution < 1.29 is 16.8 Å². The number of hydrogen-bond donors (Lipinski definition) is 1. The van der Waals surface area contributed by atoms with Gasteiger partial charge in [-0.25, -0.2) is 16.8 Å². The first-order valence-corrected chi connectivity index (χ1v) is 10.0. The van der Waals surface area contributed by atoms with Gasteiger partial charge in [0.25, 0.3) is 0 Å². The van der Waals surface area contributed by atoms with Crippen LogP contribution < -0.4 is 5.73 Å². The van der Waals surface area contributed by atoms with Crippen LogP contribution in [-0.2, 0) is 26.4 Å². The van der Waals surface area contributed by atoms with E-state index in [1.165, 1.54) is 6.20 Å². The Morgan fingerprint density at radius 2 is 2.05 bits per heavy atom. The summed E-state index contributed by atoms with van der Waals surface area (Å²) in [5.41, 5.74) is 6.03. The Bertz CT molecular complexity index is 687. The maximum Gasteiger partial charge on any atom is 0.228 e. The summed E-state index contributed by atoms with van der Waals surface area (Å²) in [4.78, 5) is 4.07. The van der Waals surface area contributed by atoms with Crippen molar-refractivity contribution in [2.45, 2.75) is 13.0 Å². The molecule has 0 saturated heterocycles. The lowest BCUT2D eigenvalue weighted by atomic mass is 10.3. The molecular weight excluding hydrogens is 334 g/mol. The zero-order valence-corrected chi connectivity index (χ0v) is 13.9. The van der Waals surface area contributed by atoms with E-state index in [0.29, 0.717) is 5.56 Å². The Kier molecular flexibility index (Phi) is 6.20. The van der Waals surface area contributed by atoms with Crippen LogP contribution in [0.4, 0.5) is 0 Å². The van der Waals surface area contributed by atoms with E-state index in [9.17, 15) is 16.8 Å². The van der Waals surface area contributed by atoms with Crippen molar-refractivity contribution in [2.75, 3.05) is 17.9 Å². The smallest absolute Gasteiger partial charge is 0.228 e. The van der Waals surface area contributed by atoms with Crippen LogP contribution in [0.2, 0.25) is 0 Å². The van der Waals surface area contributed by atoms with E-state index in [1.807, 2.05) is 0 Å². The molecule has 1 aromatic heterocycles. The van der Waals surface area contributed by atoms with Gasteiger partial charge < -0.3 is 5.73 Å². The molecule has 0 aliphatic heterocycles. The average molecular weight is 351 g/mol. The van der Waals surface area contributed by atoms with Gasteiger partial charge >= 0.3 is 0 Å². The molecule has 0 bridgehead atoms. The van der Waals surface area contributed by atoms with E-state index >= 15 is 0 Å². The molecule has 0 aromatic carbocycles. The largest absolute Gasteiger partial charge is 0.393 e. The zero-order valence-electron chi connectivity index (χ0n) is 11.5. The summed E-state index contributed by atoms with van der Waals surface area (Å²) in [6, 6.07) is 3.38. The lowest BCUT2D eigenvalue weighted by Gasteiger charge is -2.21. The monoisotopic (exact) mass is 351 g/mol. The number of nitrogens with two attached hydrogens (primary N) is 1. The van der Waals surface area contributed by atoms with Crippen LogP contribution in [0.5, 0.6) is 0 Å². The van der Waals surface area contributed by atoms with Gasteiger partial charge in [0, 0.05) is 38.2 Å². The predicted molar refractivity (Wildman–Crippen MR) is 84.7 cm³/mol. The molecule has 118 valence electrons. The molecule has 0 aliphatic rings. The van der Waals surface area contributed by atoms with Crippen LogP contribution in [0.15, 0.2) is 24.5 Å². The normalized spacial score (nSPS) is 12.5. The van der Waals surface area contributed by atoms with Crippen LogP contribution >= 0.6 is 12.2 Å². The Morgan fingerprint density at radius 1 is 1.38 bits per heavy atom. The minimum absolute atomic E-state index is 0.0221. The van der Waals surface area contributed by atoms with Gasteiger partial charge in [-0.05, 0) is 11.6 Å². The summed E-state index contributed by atoms with van der Waals surface area (Å²) >= 11 is 4.74. The number of hydrogen-bond acceptors (Lipinski definition) is 6. The molecule has 7 nitrogen and oxygen atoms in total. The molecule has 1 aromatic rings. The topological polar surface area (TPSA) is 110 Å². The Labute approximate surface area is 130 Å². The first-order valence-electron chi connectivity index (χ1n) is 5.93. The van der Waals surface area contributed by atoms with E-state index in [-0.39, 0.29) is 24.5 Å². The van der Waals surface area contributed by atoms with Gasteiger partial charge in [0.05, 0.1) is 4.99 Å². The van der Waals surface area contributed by atoms with Crippen molar-refractivity contribution in [1.29, 1.82) is 0 Å². The third-order valence-corrected chi connectivity index (χ3v) is 6.65. The highest BCUT2D eigenvalue weighted by molar-refractivity contribution is 8.06. The van der Waals surface area contributed by atoms with Crippen molar-refractivity contribution in [2.24, 2.45) is 5.73 Å². The number of nitrogens with zero attached hydrogens (tertiary/aromatic N) is 2. The number of pyridine rings is 1. The quantitative estimate of drug-likeness (QED) is 0.651. The molecule has 0 aliphatic carbocycles. The molecule has 0 radical (unpaired) electrons. The van der Waals surface area contributed by atoms with E-state index < -0.39 is 24.9 Å². The SMILES string of the molecule is CS(=O)(=O)CS(=O)(=O)N(CCC(N)=S)Cc1cccnc1. The van der Waals surface area contributed by atoms with Crippen LogP contribution in [0.25, 0.3) is 0 Å². The lowest BCUT2D eigenvalue weighted by Crippen LogP contribution is -2.36. The fourth-order valence-corrected chi connectivity index (χ4v) is 5.16. The second-order valence-electron chi connectivity index (χ2n) is 4.57. The van der Waals surface area contributed by atoms with Gasteiger partial charge in [-0.3, -0.25) is 4.98 Å². The Morgan fingerprint density at radius 3 is 2.52 bits per heavy atom. The van der Waals surface area contributed by atoms with Crippen LogP contribution in [0.1, 0.15) is 12.0 Å². The van der Waals surface area contributed by atoms with Gasteiger partial charge in [-0.15, -0.1) is 0 Å². The van der Waals surface area contributed by atoms with Gasteiger partial charge in [-0.1, -0.05) is 18.3 Å². The van der Waals surface area contributed by atoms with Gasteiger partial charge in [0.1, 0.15) is 0 Å². The number of aromatic nitrogens is 1. The van der Waals surface area contributed by atoms with Gasteiger partial charge in [-0.2, -0.15) is 4.31 Å². The van der Waals surface area contributed by atoms with Crippen molar-refractivity contribution in [3.8, 4) is 0 Å². The second-order valence-corrected chi connectivity index (χ2v) is 9.57. The molecule has 0 unspecified atom stereocenters. The summed E-state index contributed by atoms with van der Waals surface area (Å²) in [5, 5.41) is -0.947. The van der Waals surface area contributed by atoms with Crippen LogP contribution in [-0.4, -0.2) is 49.0 Å². The number of thiocarbonyl (C=S) groups is 1. The van der Waals surface area contributed by atoms with Crippen molar-refractivity contribution in [3.05, 3.63) is 30.1 Å².